The van der Waals surface area contributed by atoms with E-state index in [0.717, 1.165) is 44.5 Å². The molecule has 0 saturated carbocycles. The number of ether oxygens (including phenoxy) is 5. The molecule has 268 valence electrons. The number of hydrogen-bond acceptors (Lipinski definition) is 5. The molecule has 7 rings (SSSR count). The maximum absolute atomic E-state index is 7.06. The first-order chi connectivity index (χ1) is 26.3. The molecule has 0 N–H and O–H groups in total. The summed E-state index contributed by atoms with van der Waals surface area (Å²) in [5.41, 5.74) is 6.88. The first-order valence-electron chi connectivity index (χ1n) is 17.8. The van der Waals surface area contributed by atoms with Gasteiger partial charge in [0.1, 0.15) is 34.5 Å². The van der Waals surface area contributed by atoms with Crippen LogP contribution in [0.2, 0.25) is 0 Å². The van der Waals surface area contributed by atoms with Gasteiger partial charge in [-0.2, -0.15) is 0 Å². The lowest BCUT2D eigenvalue weighted by molar-refractivity contribution is -0.0000256. The summed E-state index contributed by atoms with van der Waals surface area (Å²) < 4.78 is 33.6. The molecule has 5 heteroatoms. The minimum Gasteiger partial charge on any atom is -0.456 e. The maximum Gasteiger partial charge on any atom is 0.271 e. The second-order valence-corrected chi connectivity index (χ2v) is 13.4. The van der Waals surface area contributed by atoms with Gasteiger partial charge in [-0.15, -0.1) is 0 Å². The first-order valence-corrected chi connectivity index (χ1v) is 17.8. The molecule has 6 aromatic rings. The molecular formula is C49H42O5. The highest BCUT2D eigenvalue weighted by Gasteiger charge is 2.40. The van der Waals surface area contributed by atoms with Crippen LogP contribution in [0.1, 0.15) is 70.9 Å². The highest BCUT2D eigenvalue weighted by molar-refractivity contribution is 5.62. The molecule has 0 radical (unpaired) electrons. The van der Waals surface area contributed by atoms with Crippen molar-refractivity contribution in [3.8, 4) is 34.5 Å². The van der Waals surface area contributed by atoms with E-state index < -0.39 is 18.0 Å². The van der Waals surface area contributed by atoms with Gasteiger partial charge in [0.15, 0.2) is 0 Å². The molecule has 0 aromatic heterocycles. The Balaban J connectivity index is 1.32. The third-order valence-electron chi connectivity index (χ3n) is 9.59. The van der Waals surface area contributed by atoms with Gasteiger partial charge in [-0.1, -0.05) is 137 Å². The van der Waals surface area contributed by atoms with Gasteiger partial charge in [0.25, 0.3) is 12.6 Å². The standard InChI is InChI=1S/C49H42O5/c1-7-33-17-25-37(26-18-33)50-47(51-38-27-19-34(8-2)20-28-38)41-13-11-15-43-45(41)54-46-42(14-12-16-44(46)49(43,5)6)48(52-39-29-21-35(9-3)22-30-39)53-40-31-23-36(10-4)24-32-40/h7-32,47-48H,1-4H2,5-6H3. The van der Waals surface area contributed by atoms with Gasteiger partial charge >= 0.3 is 0 Å². The Labute approximate surface area is 317 Å². The van der Waals surface area contributed by atoms with E-state index in [4.69, 9.17) is 23.7 Å². The Kier molecular flexibility index (Phi) is 10.2. The lowest BCUT2D eigenvalue weighted by Crippen LogP contribution is -2.28. The Hall–Kier alpha value is -6.72. The molecule has 6 aromatic carbocycles. The number of benzene rings is 6. The van der Waals surface area contributed by atoms with Crippen molar-refractivity contribution in [2.24, 2.45) is 0 Å². The van der Waals surface area contributed by atoms with Crippen LogP contribution in [0.15, 0.2) is 160 Å². The summed E-state index contributed by atoms with van der Waals surface area (Å²) in [4.78, 5) is 0. The fraction of sp³-hybridized carbons (Fsp3) is 0.102. The van der Waals surface area contributed by atoms with Crippen molar-refractivity contribution in [3.63, 3.8) is 0 Å². The molecular weight excluding hydrogens is 669 g/mol. The Morgan fingerprint density at radius 2 is 0.704 bits per heavy atom. The SMILES string of the molecule is C=Cc1ccc(OC(Oc2ccc(C=C)cc2)c2cccc3c2Oc2c(C(Oc4ccc(C=C)cc4)Oc4ccc(C=C)cc4)cccc2C3(C)C)cc1. The van der Waals surface area contributed by atoms with Gasteiger partial charge in [-0.25, -0.2) is 0 Å². The number of para-hydroxylation sites is 2. The monoisotopic (exact) mass is 710 g/mol. The fourth-order valence-corrected chi connectivity index (χ4v) is 6.47. The summed E-state index contributed by atoms with van der Waals surface area (Å²) in [5, 5.41) is 0. The van der Waals surface area contributed by atoms with Crippen LogP contribution in [0.5, 0.6) is 34.5 Å². The average Bonchev–Trinajstić information content (AvgIpc) is 3.21. The fourth-order valence-electron chi connectivity index (χ4n) is 6.47. The summed E-state index contributed by atoms with van der Waals surface area (Å²) in [7, 11) is 0. The van der Waals surface area contributed by atoms with Crippen LogP contribution in [-0.2, 0) is 5.41 Å². The topological polar surface area (TPSA) is 46.2 Å². The van der Waals surface area contributed by atoms with E-state index in [2.05, 4.69) is 52.3 Å². The number of fused-ring (bicyclic) bond motifs is 2. The summed E-state index contributed by atoms with van der Waals surface area (Å²) in [6.45, 7) is 19.9. The summed E-state index contributed by atoms with van der Waals surface area (Å²) in [5.74, 6) is 3.81. The van der Waals surface area contributed by atoms with E-state index in [-0.39, 0.29) is 0 Å². The van der Waals surface area contributed by atoms with Crippen LogP contribution in [0.3, 0.4) is 0 Å². The maximum atomic E-state index is 7.06. The van der Waals surface area contributed by atoms with E-state index in [1.54, 1.807) is 24.3 Å². The highest BCUT2D eigenvalue weighted by Crippen LogP contribution is 2.53. The molecule has 1 aliphatic heterocycles. The van der Waals surface area contributed by atoms with Crippen LogP contribution in [-0.4, -0.2) is 0 Å². The Morgan fingerprint density at radius 3 is 0.963 bits per heavy atom. The zero-order valence-electron chi connectivity index (χ0n) is 30.5. The number of rotatable bonds is 14. The van der Waals surface area contributed by atoms with Gasteiger partial charge in [0.2, 0.25) is 0 Å². The minimum atomic E-state index is -0.872. The van der Waals surface area contributed by atoms with E-state index >= 15 is 0 Å². The second kappa shape index (κ2) is 15.5. The van der Waals surface area contributed by atoms with Crippen LogP contribution >= 0.6 is 0 Å². The van der Waals surface area contributed by atoms with E-state index in [1.807, 2.05) is 121 Å². The molecule has 0 spiro atoms. The molecule has 5 nitrogen and oxygen atoms in total. The van der Waals surface area contributed by atoms with Crippen molar-refractivity contribution in [3.05, 3.63) is 204 Å². The molecule has 0 aliphatic carbocycles. The van der Waals surface area contributed by atoms with Gasteiger partial charge in [0.05, 0.1) is 11.1 Å². The quantitative estimate of drug-likeness (QED) is 0.105. The van der Waals surface area contributed by atoms with Crippen molar-refractivity contribution >= 4 is 24.3 Å². The molecule has 0 saturated heterocycles. The molecule has 1 heterocycles. The molecule has 0 fully saturated rings. The minimum absolute atomic E-state index is 0.488. The Bertz CT molecular complexity index is 2010. The van der Waals surface area contributed by atoms with Gasteiger partial charge in [-0.05, 0) is 82.9 Å². The largest absolute Gasteiger partial charge is 0.456 e. The zero-order valence-corrected chi connectivity index (χ0v) is 30.5. The second-order valence-electron chi connectivity index (χ2n) is 13.4. The molecule has 0 atom stereocenters. The number of hydrogen-bond donors (Lipinski definition) is 0. The lowest BCUT2D eigenvalue weighted by atomic mass is 9.74. The van der Waals surface area contributed by atoms with Gasteiger partial charge in [0, 0.05) is 16.5 Å². The third-order valence-corrected chi connectivity index (χ3v) is 9.59. The van der Waals surface area contributed by atoms with Crippen molar-refractivity contribution in [1.29, 1.82) is 0 Å². The average molecular weight is 711 g/mol. The summed E-state index contributed by atoms with van der Waals surface area (Å²) in [6.07, 6.45) is 5.44. The van der Waals surface area contributed by atoms with Crippen molar-refractivity contribution in [2.75, 3.05) is 0 Å². The molecule has 1 aliphatic rings. The van der Waals surface area contributed by atoms with Crippen LogP contribution in [0.25, 0.3) is 24.3 Å². The van der Waals surface area contributed by atoms with E-state index in [1.165, 1.54) is 0 Å². The first kappa shape index (κ1) is 35.7. The molecule has 0 bridgehead atoms. The van der Waals surface area contributed by atoms with E-state index in [0.29, 0.717) is 34.5 Å². The molecule has 0 amide bonds. The van der Waals surface area contributed by atoms with Gasteiger partial charge in [-0.3, -0.25) is 0 Å². The highest BCUT2D eigenvalue weighted by atomic mass is 16.7. The summed E-state index contributed by atoms with van der Waals surface area (Å²) in [6, 6.07) is 43.1. The lowest BCUT2D eigenvalue weighted by Gasteiger charge is -2.38. The van der Waals surface area contributed by atoms with Gasteiger partial charge < -0.3 is 23.7 Å². The Morgan fingerprint density at radius 1 is 0.426 bits per heavy atom. The van der Waals surface area contributed by atoms with Crippen LogP contribution < -0.4 is 23.7 Å². The van der Waals surface area contributed by atoms with Crippen molar-refractivity contribution < 1.29 is 23.7 Å². The molecule has 0 unspecified atom stereocenters. The normalized spacial score (nSPS) is 12.4. The van der Waals surface area contributed by atoms with E-state index in [9.17, 15) is 0 Å². The van der Waals surface area contributed by atoms with Crippen LogP contribution in [0, 0.1) is 0 Å². The van der Waals surface area contributed by atoms with Crippen molar-refractivity contribution in [2.45, 2.75) is 31.8 Å². The summed E-state index contributed by atoms with van der Waals surface area (Å²) >= 11 is 0. The predicted octanol–water partition coefficient (Wildman–Crippen LogP) is 13.0. The van der Waals surface area contributed by atoms with Crippen LogP contribution in [0.4, 0.5) is 0 Å². The predicted molar refractivity (Wildman–Crippen MR) is 219 cm³/mol. The zero-order chi connectivity index (χ0) is 37.7. The molecule has 54 heavy (non-hydrogen) atoms. The van der Waals surface area contributed by atoms with Crippen molar-refractivity contribution in [1.82, 2.24) is 0 Å². The third kappa shape index (κ3) is 7.43. The smallest absolute Gasteiger partial charge is 0.271 e.